The molecule has 1 rings (SSSR count). The molecule has 0 radical (unpaired) electrons. The van der Waals surface area contributed by atoms with E-state index in [0.29, 0.717) is 19.4 Å². The lowest BCUT2D eigenvalue weighted by Crippen LogP contribution is -2.54. The van der Waals surface area contributed by atoms with Gasteiger partial charge in [-0.3, -0.25) is 0 Å². The number of nitrogens with zero attached hydrogens (tertiary/aromatic N) is 1. The molecule has 0 bridgehead atoms. The monoisotopic (exact) mass is 391 g/mol. The van der Waals surface area contributed by atoms with Crippen LogP contribution in [0.25, 0.3) is 0 Å². The van der Waals surface area contributed by atoms with Crippen LogP contribution in [-0.2, 0) is 9.47 Å². The molecule has 5 unspecified atom stereocenters. The van der Waals surface area contributed by atoms with Gasteiger partial charge >= 0.3 is 6.18 Å². The lowest BCUT2D eigenvalue weighted by molar-refractivity contribution is -0.335. The summed E-state index contributed by atoms with van der Waals surface area (Å²) < 4.78 is 53.4. The zero-order chi connectivity index (χ0) is 20.7. The van der Waals surface area contributed by atoms with Gasteiger partial charge in [-0.05, 0) is 63.7 Å². The fourth-order valence-electron chi connectivity index (χ4n) is 4.35. The molecule has 0 heterocycles. The van der Waals surface area contributed by atoms with Gasteiger partial charge in [0.25, 0.3) is 0 Å². The van der Waals surface area contributed by atoms with Gasteiger partial charge in [-0.25, -0.2) is 0 Å². The molecular weight excluding hydrogens is 355 g/mol. The molecule has 1 saturated carbocycles. The van der Waals surface area contributed by atoms with Crippen LogP contribution in [0.1, 0.15) is 86.0 Å². The van der Waals surface area contributed by atoms with E-state index >= 15 is 0 Å². The number of hydrogen-bond donors (Lipinski definition) is 0. The van der Waals surface area contributed by atoms with Gasteiger partial charge in [0.1, 0.15) is 0 Å². The predicted molar refractivity (Wildman–Crippen MR) is 99.9 cm³/mol. The topological polar surface area (TPSA) is 42.2 Å². The van der Waals surface area contributed by atoms with E-state index < -0.39 is 18.1 Å². The summed E-state index contributed by atoms with van der Waals surface area (Å²) in [6.45, 7) is 9.84. The summed E-state index contributed by atoms with van der Waals surface area (Å²) in [5, 5.41) is 9.17. The van der Waals surface area contributed by atoms with E-state index in [1.165, 1.54) is 0 Å². The van der Waals surface area contributed by atoms with Gasteiger partial charge in [-0.2, -0.15) is 18.4 Å². The van der Waals surface area contributed by atoms with E-state index in [4.69, 9.17) is 9.47 Å². The van der Waals surface area contributed by atoms with Crippen molar-refractivity contribution in [3.63, 3.8) is 0 Å². The maximum absolute atomic E-state index is 14.1. The number of rotatable bonds is 10. The smallest absolute Gasteiger partial charge is 0.353 e. The molecule has 158 valence electrons. The summed E-state index contributed by atoms with van der Waals surface area (Å²) in [6, 6.07) is 2.23. The Hall–Kier alpha value is -0.800. The van der Waals surface area contributed by atoms with E-state index in [1.54, 1.807) is 6.92 Å². The number of halogens is 3. The van der Waals surface area contributed by atoms with Crippen LogP contribution in [0.5, 0.6) is 0 Å². The van der Waals surface area contributed by atoms with Crippen LogP contribution in [0.4, 0.5) is 13.2 Å². The molecule has 0 aromatic carbocycles. The molecule has 1 fully saturated rings. The number of unbranched alkanes of at least 4 members (excludes halogenated alkanes) is 1. The lowest BCUT2D eigenvalue weighted by Gasteiger charge is -2.48. The minimum Gasteiger partial charge on any atom is -0.353 e. The van der Waals surface area contributed by atoms with E-state index in [-0.39, 0.29) is 30.1 Å². The van der Waals surface area contributed by atoms with Gasteiger partial charge in [-0.1, -0.05) is 33.6 Å². The maximum atomic E-state index is 14.1. The predicted octanol–water partition coefficient (Wildman–Crippen LogP) is 6.62. The summed E-state index contributed by atoms with van der Waals surface area (Å²) in [5.74, 6) is -0.300. The van der Waals surface area contributed by atoms with Crippen molar-refractivity contribution in [1.82, 2.24) is 0 Å². The SMILES string of the molecule is CCCCOC(C)OC1(C(F)(F)F)CCCC(C(C)(CC)CC(C)C#N)C1. The normalized spacial score (nSPS) is 28.2. The molecule has 0 spiro atoms. The second kappa shape index (κ2) is 10.1. The fraction of sp³-hybridized carbons (Fsp3) is 0.952. The highest BCUT2D eigenvalue weighted by molar-refractivity contribution is 5.00. The number of ether oxygens (including phenoxy) is 2. The Morgan fingerprint density at radius 1 is 1.26 bits per heavy atom. The maximum Gasteiger partial charge on any atom is 0.417 e. The first kappa shape index (κ1) is 24.2. The molecular formula is C21H36F3NO2. The average molecular weight is 392 g/mol. The first-order valence-electron chi connectivity index (χ1n) is 10.3. The molecule has 0 aliphatic heterocycles. The Labute approximate surface area is 162 Å². The van der Waals surface area contributed by atoms with Crippen molar-refractivity contribution in [3.05, 3.63) is 0 Å². The second-order valence-corrected chi connectivity index (χ2v) is 8.44. The average Bonchev–Trinajstić information content (AvgIpc) is 2.61. The molecule has 3 nitrogen and oxygen atoms in total. The van der Waals surface area contributed by atoms with Crippen molar-refractivity contribution >= 4 is 0 Å². The highest BCUT2D eigenvalue weighted by Gasteiger charge is 2.60. The Balaban J connectivity index is 3.00. The highest BCUT2D eigenvalue weighted by atomic mass is 19.4. The Morgan fingerprint density at radius 3 is 2.44 bits per heavy atom. The van der Waals surface area contributed by atoms with Gasteiger partial charge in [0.05, 0.1) is 6.07 Å². The van der Waals surface area contributed by atoms with Gasteiger partial charge in [0.15, 0.2) is 11.9 Å². The van der Waals surface area contributed by atoms with E-state index in [9.17, 15) is 18.4 Å². The molecule has 0 N–H and O–H groups in total. The van der Waals surface area contributed by atoms with Gasteiger partial charge < -0.3 is 9.47 Å². The van der Waals surface area contributed by atoms with Crippen LogP contribution in [0.15, 0.2) is 0 Å². The van der Waals surface area contributed by atoms with Crippen molar-refractivity contribution in [1.29, 1.82) is 5.26 Å². The Kier molecular flexibility index (Phi) is 9.08. The zero-order valence-electron chi connectivity index (χ0n) is 17.5. The molecule has 27 heavy (non-hydrogen) atoms. The molecule has 0 aromatic rings. The molecule has 0 aromatic heterocycles. The molecule has 1 aliphatic carbocycles. The third-order valence-electron chi connectivity index (χ3n) is 6.25. The minimum absolute atomic E-state index is 0.0257. The third-order valence-corrected chi connectivity index (χ3v) is 6.25. The summed E-state index contributed by atoms with van der Waals surface area (Å²) in [4.78, 5) is 0. The Morgan fingerprint density at radius 2 is 1.93 bits per heavy atom. The fourth-order valence-corrected chi connectivity index (χ4v) is 4.35. The van der Waals surface area contributed by atoms with Crippen molar-refractivity contribution in [2.75, 3.05) is 6.61 Å². The summed E-state index contributed by atoms with van der Waals surface area (Å²) in [7, 11) is 0. The number of nitriles is 1. The van der Waals surface area contributed by atoms with Crippen LogP contribution in [-0.4, -0.2) is 24.7 Å². The molecule has 6 heteroatoms. The summed E-state index contributed by atoms with van der Waals surface area (Å²) in [5.41, 5.74) is -2.46. The van der Waals surface area contributed by atoms with E-state index in [0.717, 1.165) is 25.7 Å². The molecule has 0 amide bonds. The highest BCUT2D eigenvalue weighted by Crippen LogP contribution is 2.53. The minimum atomic E-state index is -4.44. The number of alkyl halides is 3. The second-order valence-electron chi connectivity index (χ2n) is 8.44. The van der Waals surface area contributed by atoms with Gasteiger partial charge in [-0.15, -0.1) is 0 Å². The van der Waals surface area contributed by atoms with Crippen LogP contribution >= 0.6 is 0 Å². The first-order valence-corrected chi connectivity index (χ1v) is 10.3. The lowest BCUT2D eigenvalue weighted by atomic mass is 9.61. The van der Waals surface area contributed by atoms with Crippen LogP contribution in [0, 0.1) is 28.6 Å². The first-order chi connectivity index (χ1) is 12.5. The Bertz CT molecular complexity index is 491. The van der Waals surface area contributed by atoms with E-state index in [1.807, 2.05) is 27.7 Å². The van der Waals surface area contributed by atoms with Crippen LogP contribution in [0.2, 0.25) is 0 Å². The summed E-state index contributed by atoms with van der Waals surface area (Å²) in [6.07, 6.45) is -1.10. The van der Waals surface area contributed by atoms with Crippen molar-refractivity contribution in [2.24, 2.45) is 17.3 Å². The van der Waals surface area contributed by atoms with Gasteiger partial charge in [0.2, 0.25) is 0 Å². The third kappa shape index (κ3) is 6.35. The standard InChI is InChI=1S/C21H36F3NO2/c1-6-8-12-26-17(4)27-20(21(22,23)24)11-9-10-18(14-20)19(5,7-2)13-16(3)15-25/h16-18H,6-14H2,1-5H3. The van der Waals surface area contributed by atoms with Crippen molar-refractivity contribution < 1.29 is 22.6 Å². The number of hydrogen-bond acceptors (Lipinski definition) is 3. The van der Waals surface area contributed by atoms with E-state index in [2.05, 4.69) is 6.07 Å². The molecule has 5 atom stereocenters. The largest absolute Gasteiger partial charge is 0.417 e. The summed E-state index contributed by atoms with van der Waals surface area (Å²) >= 11 is 0. The zero-order valence-corrected chi connectivity index (χ0v) is 17.5. The molecule has 1 aliphatic rings. The van der Waals surface area contributed by atoms with Gasteiger partial charge in [0, 0.05) is 12.5 Å². The van der Waals surface area contributed by atoms with Crippen LogP contribution in [0.3, 0.4) is 0 Å². The van der Waals surface area contributed by atoms with Crippen LogP contribution < -0.4 is 0 Å². The molecule has 0 saturated heterocycles. The quantitative estimate of drug-likeness (QED) is 0.310. The van der Waals surface area contributed by atoms with Crippen molar-refractivity contribution in [3.8, 4) is 6.07 Å². The van der Waals surface area contributed by atoms with Crippen molar-refractivity contribution in [2.45, 2.75) is 104 Å².